The van der Waals surface area contributed by atoms with Gasteiger partial charge < -0.3 is 10.1 Å². The predicted molar refractivity (Wildman–Crippen MR) is 92.3 cm³/mol. The summed E-state index contributed by atoms with van der Waals surface area (Å²) in [5.41, 5.74) is 0. The SMILES string of the molecule is COc1c(C(=O)NC2CCCCCC2)sc2cc(Cl)ccc12. The first kappa shape index (κ1) is 15.6. The van der Waals surface area contributed by atoms with Crippen LogP contribution < -0.4 is 10.1 Å². The highest BCUT2D eigenvalue weighted by atomic mass is 35.5. The maximum atomic E-state index is 12.6. The Kier molecular flexibility index (Phi) is 4.89. The van der Waals surface area contributed by atoms with Crippen LogP contribution in [0, 0.1) is 0 Å². The second-order valence-corrected chi connectivity index (χ2v) is 7.26. The second kappa shape index (κ2) is 6.88. The molecule has 1 saturated carbocycles. The van der Waals surface area contributed by atoms with E-state index in [1.807, 2.05) is 18.2 Å². The molecule has 0 bridgehead atoms. The lowest BCUT2D eigenvalue weighted by Crippen LogP contribution is -2.34. The van der Waals surface area contributed by atoms with Gasteiger partial charge in [-0.15, -0.1) is 11.3 Å². The van der Waals surface area contributed by atoms with Crippen molar-refractivity contribution in [3.8, 4) is 5.75 Å². The van der Waals surface area contributed by atoms with Gasteiger partial charge in [-0.1, -0.05) is 37.3 Å². The first-order chi connectivity index (χ1) is 10.7. The Hall–Kier alpha value is -1.26. The first-order valence-corrected chi connectivity index (χ1v) is 8.95. The topological polar surface area (TPSA) is 38.3 Å². The van der Waals surface area contributed by atoms with E-state index in [0.29, 0.717) is 15.6 Å². The number of ether oxygens (including phenoxy) is 1. The molecule has 0 unspecified atom stereocenters. The van der Waals surface area contributed by atoms with Crippen molar-refractivity contribution < 1.29 is 9.53 Å². The van der Waals surface area contributed by atoms with E-state index in [1.54, 1.807) is 7.11 Å². The Morgan fingerprint density at radius 3 is 2.68 bits per heavy atom. The molecule has 2 aromatic rings. The highest BCUT2D eigenvalue weighted by Crippen LogP contribution is 2.39. The molecular weight excluding hydrogens is 318 g/mol. The van der Waals surface area contributed by atoms with Crippen LogP contribution >= 0.6 is 22.9 Å². The summed E-state index contributed by atoms with van der Waals surface area (Å²) < 4.78 is 6.46. The minimum absolute atomic E-state index is 0.0268. The van der Waals surface area contributed by atoms with Crippen molar-refractivity contribution in [2.75, 3.05) is 7.11 Å². The van der Waals surface area contributed by atoms with Crippen LogP contribution in [-0.2, 0) is 0 Å². The summed E-state index contributed by atoms with van der Waals surface area (Å²) in [5, 5.41) is 4.80. The van der Waals surface area contributed by atoms with Gasteiger partial charge in [0.15, 0.2) is 0 Å². The molecule has 0 aliphatic heterocycles. The van der Waals surface area contributed by atoms with Crippen LogP contribution in [0.15, 0.2) is 18.2 Å². The van der Waals surface area contributed by atoms with Crippen LogP contribution in [-0.4, -0.2) is 19.1 Å². The molecule has 0 atom stereocenters. The van der Waals surface area contributed by atoms with E-state index in [-0.39, 0.29) is 11.9 Å². The molecule has 0 radical (unpaired) electrons. The maximum Gasteiger partial charge on any atom is 0.265 e. The van der Waals surface area contributed by atoms with Crippen molar-refractivity contribution in [2.45, 2.75) is 44.6 Å². The van der Waals surface area contributed by atoms with E-state index >= 15 is 0 Å². The van der Waals surface area contributed by atoms with Crippen molar-refractivity contribution in [1.82, 2.24) is 5.32 Å². The van der Waals surface area contributed by atoms with Gasteiger partial charge in [0.2, 0.25) is 0 Å². The van der Waals surface area contributed by atoms with Crippen molar-refractivity contribution in [3.63, 3.8) is 0 Å². The number of hydrogen-bond donors (Lipinski definition) is 1. The number of thiophene rings is 1. The second-order valence-electron chi connectivity index (χ2n) is 5.77. The van der Waals surface area contributed by atoms with Gasteiger partial charge in [0.05, 0.1) is 7.11 Å². The Bertz CT molecular complexity index is 675. The fourth-order valence-electron chi connectivity index (χ4n) is 3.07. The molecule has 5 heteroatoms. The fourth-order valence-corrected chi connectivity index (χ4v) is 4.42. The minimum Gasteiger partial charge on any atom is -0.494 e. The summed E-state index contributed by atoms with van der Waals surface area (Å²) in [6.45, 7) is 0. The third-order valence-corrected chi connectivity index (χ3v) is 5.57. The highest BCUT2D eigenvalue weighted by Gasteiger charge is 2.22. The van der Waals surface area contributed by atoms with Crippen molar-refractivity contribution in [3.05, 3.63) is 28.1 Å². The maximum absolute atomic E-state index is 12.6. The summed E-state index contributed by atoms with van der Waals surface area (Å²) in [7, 11) is 1.61. The zero-order valence-electron chi connectivity index (χ0n) is 12.7. The van der Waals surface area contributed by atoms with Crippen LogP contribution in [0.5, 0.6) is 5.75 Å². The predicted octanol–water partition coefficient (Wildman–Crippen LogP) is 5.02. The van der Waals surface area contributed by atoms with E-state index in [1.165, 1.54) is 37.0 Å². The number of fused-ring (bicyclic) bond motifs is 1. The Labute approximate surface area is 139 Å². The molecule has 1 amide bonds. The lowest BCUT2D eigenvalue weighted by Gasteiger charge is -2.16. The fraction of sp³-hybridized carbons (Fsp3) is 0.471. The van der Waals surface area contributed by atoms with Crippen molar-refractivity contribution in [2.24, 2.45) is 0 Å². The quantitative estimate of drug-likeness (QED) is 0.799. The van der Waals surface area contributed by atoms with Gasteiger partial charge in [-0.3, -0.25) is 4.79 Å². The average Bonchev–Trinajstić information content (AvgIpc) is 2.67. The van der Waals surface area contributed by atoms with E-state index in [0.717, 1.165) is 22.9 Å². The molecule has 1 fully saturated rings. The van der Waals surface area contributed by atoms with Crippen molar-refractivity contribution in [1.29, 1.82) is 0 Å². The van der Waals surface area contributed by atoms with E-state index < -0.39 is 0 Å². The van der Waals surface area contributed by atoms with Crippen LogP contribution in [0.4, 0.5) is 0 Å². The average molecular weight is 338 g/mol. The van der Waals surface area contributed by atoms with Crippen LogP contribution in [0.1, 0.15) is 48.2 Å². The number of carbonyl (C=O) groups excluding carboxylic acids is 1. The summed E-state index contributed by atoms with van der Waals surface area (Å²) >= 11 is 7.49. The Morgan fingerprint density at radius 1 is 1.27 bits per heavy atom. The van der Waals surface area contributed by atoms with Crippen LogP contribution in [0.2, 0.25) is 5.02 Å². The van der Waals surface area contributed by atoms with E-state index in [9.17, 15) is 4.79 Å². The highest BCUT2D eigenvalue weighted by molar-refractivity contribution is 7.21. The number of benzene rings is 1. The van der Waals surface area contributed by atoms with Gasteiger partial charge in [0, 0.05) is 21.2 Å². The zero-order valence-corrected chi connectivity index (χ0v) is 14.2. The smallest absolute Gasteiger partial charge is 0.265 e. The summed E-state index contributed by atoms with van der Waals surface area (Å²) in [6.07, 6.45) is 7.10. The summed E-state index contributed by atoms with van der Waals surface area (Å²) in [5.74, 6) is 0.629. The van der Waals surface area contributed by atoms with Gasteiger partial charge >= 0.3 is 0 Å². The van der Waals surface area contributed by atoms with Gasteiger partial charge in [0.1, 0.15) is 10.6 Å². The third kappa shape index (κ3) is 3.23. The van der Waals surface area contributed by atoms with Crippen LogP contribution in [0.25, 0.3) is 10.1 Å². The van der Waals surface area contributed by atoms with Gasteiger partial charge in [-0.2, -0.15) is 0 Å². The van der Waals surface area contributed by atoms with E-state index in [2.05, 4.69) is 5.32 Å². The molecule has 0 spiro atoms. The van der Waals surface area contributed by atoms with Gasteiger partial charge in [-0.25, -0.2) is 0 Å². The molecule has 1 aliphatic carbocycles. The molecular formula is C17H20ClNO2S. The molecule has 22 heavy (non-hydrogen) atoms. The molecule has 118 valence electrons. The van der Waals surface area contributed by atoms with Crippen molar-refractivity contribution >= 4 is 38.9 Å². The monoisotopic (exact) mass is 337 g/mol. The third-order valence-electron chi connectivity index (χ3n) is 4.21. The first-order valence-electron chi connectivity index (χ1n) is 7.76. The van der Waals surface area contributed by atoms with Crippen LogP contribution in [0.3, 0.4) is 0 Å². The van der Waals surface area contributed by atoms with E-state index in [4.69, 9.17) is 16.3 Å². The Balaban J connectivity index is 1.86. The number of amides is 1. The molecule has 1 N–H and O–H groups in total. The standard InChI is InChI=1S/C17H20ClNO2S/c1-21-15-13-9-8-11(18)10-14(13)22-16(15)17(20)19-12-6-4-2-3-5-7-12/h8-10,12H,2-7H2,1H3,(H,19,20). The minimum atomic E-state index is -0.0268. The number of hydrogen-bond acceptors (Lipinski definition) is 3. The largest absolute Gasteiger partial charge is 0.494 e. The molecule has 1 aromatic carbocycles. The molecule has 3 rings (SSSR count). The molecule has 1 heterocycles. The lowest BCUT2D eigenvalue weighted by molar-refractivity contribution is 0.0935. The number of halogens is 1. The molecule has 1 aliphatic rings. The molecule has 1 aromatic heterocycles. The van der Waals surface area contributed by atoms with Gasteiger partial charge in [0.25, 0.3) is 5.91 Å². The zero-order chi connectivity index (χ0) is 15.5. The normalized spacial score (nSPS) is 16.5. The Morgan fingerprint density at radius 2 is 2.00 bits per heavy atom. The number of rotatable bonds is 3. The number of carbonyl (C=O) groups is 1. The lowest BCUT2D eigenvalue weighted by atomic mass is 10.1. The number of methoxy groups -OCH3 is 1. The number of nitrogens with one attached hydrogen (secondary N) is 1. The summed E-state index contributed by atoms with van der Waals surface area (Å²) in [6, 6.07) is 5.90. The van der Waals surface area contributed by atoms with Gasteiger partial charge in [-0.05, 0) is 31.0 Å². The summed E-state index contributed by atoms with van der Waals surface area (Å²) in [4.78, 5) is 13.3. The molecule has 3 nitrogen and oxygen atoms in total. The molecule has 0 saturated heterocycles.